The maximum Gasteiger partial charge on any atom is 0.491 e. The summed E-state index contributed by atoms with van der Waals surface area (Å²) in [5.41, 5.74) is 6.66. The summed E-state index contributed by atoms with van der Waals surface area (Å²) < 4.78 is 42.4. The Morgan fingerprint density at radius 1 is 0.980 bits per heavy atom. The number of esters is 2. The second-order valence-corrected chi connectivity index (χ2v) is 10.8. The van der Waals surface area contributed by atoms with Crippen molar-refractivity contribution in [3.63, 3.8) is 0 Å². The predicted octanol–water partition coefficient (Wildman–Crippen LogP) is 2.78. The van der Waals surface area contributed by atoms with Gasteiger partial charge in [0.1, 0.15) is 6.04 Å². The van der Waals surface area contributed by atoms with Crippen LogP contribution in [-0.2, 0) is 30.5 Å². The standard InChI is InChI=1S/C34H31F3N6O6/c1-21(18-28(45)49-32(48)34(35,36)37)43-29(24-10-6-3-7-11-24)31(47)42(20-23-8-4-2-5-9-23)26-14-12-22(19-25(26)30(43)46)13-15-27(44)40-16-17-41-33(38)39/h2-12,14,19,21,29H,16-18,20H2,1H3,(H,40,44)(H4,38,39,41). The molecular weight excluding hydrogens is 645 g/mol. The van der Waals surface area contributed by atoms with E-state index in [4.69, 9.17) is 11.1 Å². The minimum absolute atomic E-state index is 0.0232. The number of amides is 3. The summed E-state index contributed by atoms with van der Waals surface area (Å²) in [4.78, 5) is 67.6. The number of benzene rings is 3. The summed E-state index contributed by atoms with van der Waals surface area (Å²) in [7, 11) is 0. The molecule has 0 aromatic heterocycles. The van der Waals surface area contributed by atoms with Gasteiger partial charge in [-0.25, -0.2) is 4.79 Å². The van der Waals surface area contributed by atoms with E-state index in [2.05, 4.69) is 27.2 Å². The van der Waals surface area contributed by atoms with Crippen molar-refractivity contribution in [3.05, 3.63) is 101 Å². The molecule has 0 aliphatic carbocycles. The Morgan fingerprint density at radius 2 is 1.61 bits per heavy atom. The molecule has 49 heavy (non-hydrogen) atoms. The first-order valence-corrected chi connectivity index (χ1v) is 14.8. The van der Waals surface area contributed by atoms with Gasteiger partial charge in [-0.05, 0) is 36.2 Å². The maximum absolute atomic E-state index is 14.5. The van der Waals surface area contributed by atoms with Crippen LogP contribution in [0.5, 0.6) is 0 Å². The number of hydrogen-bond acceptors (Lipinski definition) is 7. The lowest BCUT2D eigenvalue weighted by Crippen LogP contribution is -2.47. The van der Waals surface area contributed by atoms with Crippen molar-refractivity contribution < 1.29 is 41.9 Å². The number of fused-ring (bicyclic) bond motifs is 1. The average Bonchev–Trinajstić information content (AvgIpc) is 3.14. The fourth-order valence-corrected chi connectivity index (χ4v) is 5.07. The molecule has 0 bridgehead atoms. The summed E-state index contributed by atoms with van der Waals surface area (Å²) in [5.74, 6) is -1.43. The summed E-state index contributed by atoms with van der Waals surface area (Å²) in [6, 6.07) is 18.9. The zero-order valence-corrected chi connectivity index (χ0v) is 26.0. The molecule has 0 saturated carbocycles. The van der Waals surface area contributed by atoms with Crippen LogP contribution in [0.25, 0.3) is 0 Å². The summed E-state index contributed by atoms with van der Waals surface area (Å²) in [6.07, 6.45) is -6.27. The van der Waals surface area contributed by atoms with Crippen LogP contribution in [-0.4, -0.2) is 65.8 Å². The SMILES string of the molecule is CC(CC(=O)OC(=O)C(F)(F)F)N1C(=O)c2cc(C#CC(=O)NCCNC(=N)N)ccc2N(Cc2ccccc2)C(=O)C1c1ccccc1. The molecule has 0 spiro atoms. The fourth-order valence-electron chi connectivity index (χ4n) is 5.07. The molecule has 15 heteroatoms. The first-order chi connectivity index (χ1) is 23.3. The van der Waals surface area contributed by atoms with Crippen LogP contribution in [0.2, 0.25) is 0 Å². The number of alkyl halides is 3. The van der Waals surface area contributed by atoms with Crippen molar-refractivity contribution in [3.8, 4) is 11.8 Å². The minimum atomic E-state index is -5.42. The summed E-state index contributed by atoms with van der Waals surface area (Å²) in [6.45, 7) is 1.68. The Bertz CT molecular complexity index is 1810. The quantitative estimate of drug-likeness (QED) is 0.0669. The number of carbonyl (C=O) groups excluding carboxylic acids is 5. The van der Waals surface area contributed by atoms with Crippen molar-refractivity contribution in [1.29, 1.82) is 5.41 Å². The van der Waals surface area contributed by atoms with Gasteiger partial charge in [-0.2, -0.15) is 13.2 Å². The number of nitrogens with zero attached hydrogens (tertiary/aromatic N) is 2. The number of halogens is 3. The molecular formula is C34H31F3N6O6. The smallest absolute Gasteiger partial charge is 0.386 e. The molecule has 2 unspecified atom stereocenters. The number of carbonyl (C=O) groups is 5. The molecule has 3 aromatic rings. The number of ether oxygens (including phenoxy) is 1. The van der Waals surface area contributed by atoms with Crippen LogP contribution in [0.15, 0.2) is 78.9 Å². The van der Waals surface area contributed by atoms with Crippen LogP contribution >= 0.6 is 0 Å². The third-order valence-corrected chi connectivity index (χ3v) is 7.25. The molecule has 12 nitrogen and oxygen atoms in total. The molecule has 1 aliphatic heterocycles. The number of rotatable bonds is 9. The van der Waals surface area contributed by atoms with Gasteiger partial charge in [-0.3, -0.25) is 24.6 Å². The number of guanidine groups is 1. The molecule has 0 saturated heterocycles. The van der Waals surface area contributed by atoms with E-state index in [1.807, 2.05) is 0 Å². The molecule has 0 fully saturated rings. The molecule has 1 aliphatic rings. The Balaban J connectivity index is 1.78. The van der Waals surface area contributed by atoms with Crippen molar-refractivity contribution in [2.45, 2.75) is 38.1 Å². The van der Waals surface area contributed by atoms with Gasteiger partial charge in [0.2, 0.25) is 0 Å². The van der Waals surface area contributed by atoms with E-state index in [1.165, 1.54) is 30.0 Å². The number of nitrogens with two attached hydrogens (primary N) is 1. The van der Waals surface area contributed by atoms with Gasteiger partial charge in [0.25, 0.3) is 17.7 Å². The minimum Gasteiger partial charge on any atom is -0.386 e. The average molecular weight is 677 g/mol. The van der Waals surface area contributed by atoms with E-state index in [0.29, 0.717) is 5.56 Å². The first-order valence-electron chi connectivity index (χ1n) is 14.8. The van der Waals surface area contributed by atoms with E-state index >= 15 is 0 Å². The highest BCUT2D eigenvalue weighted by Gasteiger charge is 2.45. The van der Waals surface area contributed by atoms with Crippen molar-refractivity contribution >= 4 is 41.3 Å². The van der Waals surface area contributed by atoms with Crippen LogP contribution in [0, 0.1) is 17.3 Å². The highest BCUT2D eigenvalue weighted by atomic mass is 19.4. The topological polar surface area (TPSA) is 175 Å². The maximum atomic E-state index is 14.5. The van der Waals surface area contributed by atoms with Crippen molar-refractivity contribution in [2.75, 3.05) is 18.0 Å². The summed E-state index contributed by atoms with van der Waals surface area (Å²) in [5, 5.41) is 12.2. The molecule has 1 heterocycles. The highest BCUT2D eigenvalue weighted by molar-refractivity contribution is 6.11. The Kier molecular flexibility index (Phi) is 11.4. The van der Waals surface area contributed by atoms with E-state index in [9.17, 15) is 37.1 Å². The van der Waals surface area contributed by atoms with E-state index in [0.717, 1.165) is 10.5 Å². The van der Waals surface area contributed by atoms with Gasteiger partial charge in [0.05, 0.1) is 24.2 Å². The van der Waals surface area contributed by atoms with Crippen molar-refractivity contribution in [1.82, 2.24) is 15.5 Å². The molecule has 3 amide bonds. The molecule has 2 atom stereocenters. The van der Waals surface area contributed by atoms with Crippen LogP contribution in [0.1, 0.15) is 46.4 Å². The van der Waals surface area contributed by atoms with Gasteiger partial charge >= 0.3 is 18.1 Å². The third kappa shape index (κ3) is 9.22. The second-order valence-electron chi connectivity index (χ2n) is 10.8. The normalized spacial score (nSPS) is 14.8. The lowest BCUT2D eigenvalue weighted by molar-refractivity contribution is -0.202. The molecule has 3 aromatic carbocycles. The summed E-state index contributed by atoms with van der Waals surface area (Å²) >= 11 is 0. The number of hydrogen-bond donors (Lipinski definition) is 4. The highest BCUT2D eigenvalue weighted by Crippen LogP contribution is 2.38. The Hall–Kier alpha value is -6.17. The molecule has 0 radical (unpaired) electrons. The van der Waals surface area contributed by atoms with Crippen molar-refractivity contribution in [2.24, 2.45) is 5.73 Å². The van der Waals surface area contributed by atoms with E-state index < -0.39 is 54.3 Å². The van der Waals surface area contributed by atoms with Gasteiger partial charge in [-0.15, -0.1) is 0 Å². The monoisotopic (exact) mass is 676 g/mol. The Labute approximate surface area is 278 Å². The van der Waals surface area contributed by atoms with Gasteiger partial charge < -0.3 is 30.9 Å². The fraction of sp³-hybridized carbons (Fsp3) is 0.235. The van der Waals surface area contributed by atoms with Gasteiger partial charge in [-0.1, -0.05) is 66.6 Å². The van der Waals surface area contributed by atoms with E-state index in [1.54, 1.807) is 60.7 Å². The Morgan fingerprint density at radius 3 is 2.24 bits per heavy atom. The largest absolute Gasteiger partial charge is 0.491 e. The lowest BCUT2D eigenvalue weighted by Gasteiger charge is -2.35. The molecule has 4 rings (SSSR count). The first kappa shape index (κ1) is 35.7. The third-order valence-electron chi connectivity index (χ3n) is 7.25. The second kappa shape index (κ2) is 15.6. The van der Waals surface area contributed by atoms with Gasteiger partial charge in [0, 0.05) is 30.6 Å². The van der Waals surface area contributed by atoms with Gasteiger partial charge in [0.15, 0.2) is 5.96 Å². The number of anilines is 1. The predicted molar refractivity (Wildman–Crippen MR) is 170 cm³/mol. The molecule has 254 valence electrons. The van der Waals surface area contributed by atoms with E-state index in [-0.39, 0.29) is 42.4 Å². The van der Waals surface area contributed by atoms with Crippen LogP contribution in [0.3, 0.4) is 0 Å². The zero-order chi connectivity index (χ0) is 35.7. The van der Waals surface area contributed by atoms with Crippen LogP contribution < -0.4 is 21.3 Å². The lowest BCUT2D eigenvalue weighted by atomic mass is 10.0. The molecule has 5 N–H and O–H groups in total. The van der Waals surface area contributed by atoms with Crippen LogP contribution in [0.4, 0.5) is 18.9 Å². The number of nitrogens with one attached hydrogen (secondary N) is 3. The zero-order valence-electron chi connectivity index (χ0n) is 26.0.